The second kappa shape index (κ2) is 11.7. The summed E-state index contributed by atoms with van der Waals surface area (Å²) in [6.07, 6.45) is 6.90. The molecular formula is C39H39N7O4S. The first-order chi connectivity index (χ1) is 24.3. The number of carbonyl (C=O) groups excluding carboxylic acids is 1. The highest BCUT2D eigenvalue weighted by Gasteiger charge is 2.66. The first kappa shape index (κ1) is 32.9. The molecular weight excluding hydrogens is 663 g/mol. The van der Waals surface area contributed by atoms with Gasteiger partial charge in [-0.25, -0.2) is 14.8 Å². The Bertz CT molecular complexity index is 2290. The molecule has 4 bridgehead atoms. The third-order valence-corrected chi connectivity index (χ3v) is 12.1. The van der Waals surface area contributed by atoms with E-state index in [9.17, 15) is 19.6 Å². The standard InChI is InChI=1S/C39H39N7O4S/c1-22(41-21-38-16-36(2)15-37(3,17-38)19-39(18-36,20-38)46-50)26(14-40)24-11-12-27(42-32(24)34(48)49)29-13-23-7-6-8-25(31(23)43-29)33(47)45-35-44-28-9-4-5-10-30(28)51-35/h4-14,43H,15-21,40H2,1-3H3,(H,48,49)(H,44,45,47). The molecule has 2 atom stereocenters. The molecule has 3 heterocycles. The Morgan fingerprint density at radius 1 is 0.980 bits per heavy atom. The third-order valence-electron chi connectivity index (χ3n) is 11.2. The van der Waals surface area contributed by atoms with Gasteiger partial charge in [0.1, 0.15) is 5.54 Å². The minimum atomic E-state index is -1.20. The average Bonchev–Trinajstić information content (AvgIpc) is 3.70. The topological polar surface area (TPSA) is 176 Å². The quantitative estimate of drug-likeness (QED) is 0.0880. The number of rotatable bonds is 9. The monoisotopic (exact) mass is 701 g/mol. The number of aliphatic imine (C=N–C) groups is 1. The summed E-state index contributed by atoms with van der Waals surface area (Å²) in [6, 6.07) is 18.4. The summed E-state index contributed by atoms with van der Waals surface area (Å²) in [5, 5.41) is 18.2. The van der Waals surface area contributed by atoms with Crippen LogP contribution in [0.2, 0.25) is 0 Å². The van der Waals surface area contributed by atoms with Crippen LogP contribution in [0.15, 0.2) is 77.0 Å². The van der Waals surface area contributed by atoms with Crippen LogP contribution in [-0.2, 0) is 0 Å². The number of aromatic amines is 1. The molecule has 0 aliphatic heterocycles. The van der Waals surface area contributed by atoms with E-state index in [-0.39, 0.29) is 27.8 Å². The third kappa shape index (κ3) is 5.71. The van der Waals surface area contributed by atoms with Gasteiger partial charge < -0.3 is 15.8 Å². The number of pyridine rings is 1. The highest BCUT2D eigenvalue weighted by atomic mass is 32.1. The van der Waals surface area contributed by atoms with Crippen molar-refractivity contribution in [2.75, 3.05) is 11.9 Å². The van der Waals surface area contributed by atoms with Crippen molar-refractivity contribution in [3.8, 4) is 11.4 Å². The van der Waals surface area contributed by atoms with Gasteiger partial charge in [-0.1, -0.05) is 54.6 Å². The van der Waals surface area contributed by atoms with Crippen molar-refractivity contribution in [2.24, 2.45) is 32.1 Å². The van der Waals surface area contributed by atoms with Gasteiger partial charge in [0.2, 0.25) is 0 Å². The van der Waals surface area contributed by atoms with E-state index in [0.717, 1.165) is 54.1 Å². The first-order valence-electron chi connectivity index (χ1n) is 17.2. The number of allylic oxidation sites excluding steroid dienone is 1. The predicted octanol–water partition coefficient (Wildman–Crippen LogP) is 8.44. The number of benzene rings is 2. The lowest BCUT2D eigenvalue weighted by molar-refractivity contribution is -0.150. The Kier molecular flexibility index (Phi) is 7.53. The summed E-state index contributed by atoms with van der Waals surface area (Å²) in [7, 11) is 0. The van der Waals surface area contributed by atoms with Crippen LogP contribution >= 0.6 is 11.3 Å². The Morgan fingerprint density at radius 2 is 1.75 bits per heavy atom. The van der Waals surface area contributed by atoms with Crippen molar-refractivity contribution in [3.05, 3.63) is 88.6 Å². The molecule has 260 valence electrons. The zero-order chi connectivity index (χ0) is 35.8. The maximum Gasteiger partial charge on any atom is 0.355 e. The number of aromatic nitrogens is 3. The van der Waals surface area contributed by atoms with Gasteiger partial charge in [0.25, 0.3) is 5.91 Å². The van der Waals surface area contributed by atoms with Crippen LogP contribution in [0.1, 0.15) is 85.7 Å². The molecule has 0 radical (unpaired) electrons. The number of nitrogens with zero attached hydrogens (tertiary/aromatic N) is 4. The van der Waals surface area contributed by atoms with E-state index in [2.05, 4.69) is 39.3 Å². The maximum atomic E-state index is 13.4. The molecule has 4 fully saturated rings. The highest BCUT2D eigenvalue weighted by Crippen LogP contribution is 2.71. The number of nitrogens with two attached hydrogens (primary N) is 1. The number of carbonyl (C=O) groups is 2. The van der Waals surface area contributed by atoms with Crippen molar-refractivity contribution in [2.45, 2.75) is 64.8 Å². The maximum absolute atomic E-state index is 13.4. The number of thiazole rings is 1. The number of amides is 1. The van der Waals surface area contributed by atoms with Crippen molar-refractivity contribution in [3.63, 3.8) is 0 Å². The molecule has 4 aliphatic carbocycles. The lowest BCUT2D eigenvalue weighted by Crippen LogP contribution is -2.62. The van der Waals surface area contributed by atoms with Crippen LogP contribution in [0, 0.1) is 21.2 Å². The number of para-hydroxylation sites is 2. The average molecular weight is 702 g/mol. The molecule has 12 heteroatoms. The molecule has 5 aromatic rings. The van der Waals surface area contributed by atoms with E-state index in [0.29, 0.717) is 51.0 Å². The summed E-state index contributed by atoms with van der Waals surface area (Å²) in [5.74, 6) is -1.52. The summed E-state index contributed by atoms with van der Waals surface area (Å²) in [5.41, 5.74) is 9.70. The number of hydrogen-bond donors (Lipinski definition) is 4. The number of carboxylic acid groups (broad SMARTS) is 1. The van der Waals surface area contributed by atoms with Crippen molar-refractivity contribution in [1.82, 2.24) is 15.0 Å². The fourth-order valence-electron chi connectivity index (χ4n) is 10.5. The normalized spacial score (nSPS) is 27.3. The molecule has 1 amide bonds. The van der Waals surface area contributed by atoms with Gasteiger partial charge in [0.05, 0.1) is 32.7 Å². The highest BCUT2D eigenvalue weighted by molar-refractivity contribution is 7.22. The Morgan fingerprint density at radius 3 is 2.45 bits per heavy atom. The van der Waals surface area contributed by atoms with Gasteiger partial charge in [-0.15, -0.1) is 0 Å². The minimum Gasteiger partial charge on any atom is -0.476 e. The molecule has 51 heavy (non-hydrogen) atoms. The Labute approximate surface area is 298 Å². The molecule has 2 aromatic carbocycles. The van der Waals surface area contributed by atoms with Crippen molar-refractivity contribution < 1.29 is 14.7 Å². The van der Waals surface area contributed by atoms with Crippen LogP contribution in [0.3, 0.4) is 0 Å². The van der Waals surface area contributed by atoms with E-state index in [4.69, 9.17) is 10.7 Å². The van der Waals surface area contributed by atoms with Crippen LogP contribution in [0.5, 0.6) is 0 Å². The van der Waals surface area contributed by atoms with Gasteiger partial charge in [-0.05, 0) is 98.1 Å². The largest absolute Gasteiger partial charge is 0.476 e. The van der Waals surface area contributed by atoms with Crippen LogP contribution in [0.4, 0.5) is 5.13 Å². The minimum absolute atomic E-state index is 0.0627. The number of H-pyrrole nitrogens is 1. The first-order valence-corrected chi connectivity index (χ1v) is 18.0. The van der Waals surface area contributed by atoms with E-state index < -0.39 is 11.5 Å². The number of hydrogen-bond acceptors (Lipinski definition) is 9. The van der Waals surface area contributed by atoms with Gasteiger partial charge >= 0.3 is 5.97 Å². The van der Waals surface area contributed by atoms with E-state index in [1.165, 1.54) is 17.5 Å². The second-order valence-corrected chi connectivity index (χ2v) is 16.8. The molecule has 0 spiro atoms. The van der Waals surface area contributed by atoms with E-state index >= 15 is 0 Å². The van der Waals surface area contributed by atoms with E-state index in [1.54, 1.807) is 24.3 Å². The molecule has 11 nitrogen and oxygen atoms in total. The Balaban J connectivity index is 1.07. The molecule has 5 N–H and O–H groups in total. The smallest absolute Gasteiger partial charge is 0.355 e. The number of aromatic carboxylic acids is 1. The summed E-state index contributed by atoms with van der Waals surface area (Å²) in [4.78, 5) is 55.6. The predicted molar refractivity (Wildman–Crippen MR) is 201 cm³/mol. The Hall–Kier alpha value is -5.23. The number of nitrogens with one attached hydrogen (secondary N) is 2. The molecule has 4 saturated carbocycles. The fourth-order valence-corrected chi connectivity index (χ4v) is 11.3. The van der Waals surface area contributed by atoms with Crippen molar-refractivity contribution in [1.29, 1.82) is 0 Å². The van der Waals surface area contributed by atoms with Gasteiger partial charge in [-0.3, -0.25) is 15.1 Å². The fraction of sp³-hybridized carbons (Fsp3) is 0.359. The van der Waals surface area contributed by atoms with Crippen LogP contribution < -0.4 is 11.1 Å². The zero-order valence-electron chi connectivity index (χ0n) is 28.7. The second-order valence-electron chi connectivity index (χ2n) is 15.8. The molecule has 4 aliphatic rings. The lowest BCUT2D eigenvalue weighted by atomic mass is 9.38. The number of carboxylic acids is 1. The zero-order valence-corrected chi connectivity index (χ0v) is 29.6. The molecule has 9 rings (SSSR count). The van der Waals surface area contributed by atoms with Gasteiger partial charge in [0, 0.05) is 35.0 Å². The summed E-state index contributed by atoms with van der Waals surface area (Å²) >= 11 is 1.40. The SMILES string of the molecule is CC(=NCC12CC3(C)CC(C)(C1)CC(N=O)(C3)C2)C(=CN)c1ccc(-c2cc3cccc(C(=O)Nc4nc5ccccc5s4)c3[nH]2)nc1C(=O)O. The van der Waals surface area contributed by atoms with Crippen molar-refractivity contribution >= 4 is 60.7 Å². The molecule has 2 unspecified atom stereocenters. The summed E-state index contributed by atoms with van der Waals surface area (Å²) in [6.45, 7) is 6.95. The lowest BCUT2D eigenvalue weighted by Gasteiger charge is -2.67. The number of nitroso groups, excluding NO2 is 1. The molecule has 3 aromatic heterocycles. The van der Waals surface area contributed by atoms with Gasteiger partial charge in [-0.2, -0.15) is 4.91 Å². The van der Waals surface area contributed by atoms with Gasteiger partial charge in [0.15, 0.2) is 10.8 Å². The number of fused-ring (bicyclic) bond motifs is 2. The van der Waals surface area contributed by atoms with Crippen LogP contribution in [0.25, 0.3) is 38.1 Å². The van der Waals surface area contributed by atoms with E-state index in [1.807, 2.05) is 43.3 Å². The summed E-state index contributed by atoms with van der Waals surface area (Å²) < 4.78 is 0.975. The number of anilines is 1. The van der Waals surface area contributed by atoms with Crippen LogP contribution in [-0.4, -0.2) is 49.7 Å². The molecule has 0 saturated heterocycles.